The van der Waals surface area contributed by atoms with Gasteiger partial charge in [-0.25, -0.2) is 4.39 Å². The van der Waals surface area contributed by atoms with Gasteiger partial charge in [0.25, 0.3) is 0 Å². The Morgan fingerprint density at radius 2 is 1.79 bits per heavy atom. The van der Waals surface area contributed by atoms with Gasteiger partial charge >= 0.3 is 0 Å². The van der Waals surface area contributed by atoms with E-state index in [1.165, 1.54) is 18.2 Å². The van der Waals surface area contributed by atoms with Crippen molar-refractivity contribution < 1.29 is 34.3 Å². The maximum absolute atomic E-state index is 14.4. The molecule has 0 radical (unpaired) electrons. The van der Waals surface area contributed by atoms with Crippen molar-refractivity contribution in [2.45, 2.75) is 43.0 Å². The number of hydrogen-bond donors (Lipinski definition) is 4. The average Bonchev–Trinajstić information content (AvgIpc) is 3.08. The van der Waals surface area contributed by atoms with Gasteiger partial charge in [0.05, 0.1) is 13.2 Å². The number of aliphatic hydroxyl groups is 4. The maximum Gasteiger partial charge on any atom is 0.225 e. The van der Waals surface area contributed by atoms with Crippen LogP contribution in [0.1, 0.15) is 22.3 Å². The smallest absolute Gasteiger partial charge is 0.225 e. The first-order valence-corrected chi connectivity index (χ1v) is 9.15. The molecule has 2 bridgehead atoms. The molecule has 7 heteroatoms. The fourth-order valence-corrected chi connectivity index (χ4v) is 3.93. The van der Waals surface area contributed by atoms with Gasteiger partial charge < -0.3 is 29.9 Å². The molecule has 0 spiro atoms. The molecular weight excluding hydrogens is 367 g/mol. The molecule has 6 nitrogen and oxygen atoms in total. The Bertz CT molecular complexity index is 872. The third-order valence-electron chi connectivity index (χ3n) is 5.69. The van der Waals surface area contributed by atoms with Crippen molar-refractivity contribution in [1.82, 2.24) is 0 Å². The van der Waals surface area contributed by atoms with Gasteiger partial charge in [-0.2, -0.15) is 0 Å². The van der Waals surface area contributed by atoms with Crippen molar-refractivity contribution in [3.63, 3.8) is 0 Å². The monoisotopic (exact) mass is 390 g/mol. The van der Waals surface area contributed by atoms with Crippen molar-refractivity contribution in [3.8, 4) is 0 Å². The van der Waals surface area contributed by atoms with Crippen molar-refractivity contribution in [1.29, 1.82) is 0 Å². The molecule has 0 aromatic heterocycles. The molecule has 2 fully saturated rings. The van der Waals surface area contributed by atoms with Crippen LogP contribution in [0.5, 0.6) is 0 Å². The van der Waals surface area contributed by atoms with Gasteiger partial charge in [0, 0.05) is 12.0 Å². The molecule has 2 saturated heterocycles. The zero-order valence-electron chi connectivity index (χ0n) is 15.4. The Morgan fingerprint density at radius 3 is 2.46 bits per heavy atom. The predicted molar refractivity (Wildman–Crippen MR) is 96.9 cm³/mol. The minimum Gasteiger partial charge on any atom is -0.393 e. The molecule has 5 unspecified atom stereocenters. The Morgan fingerprint density at radius 1 is 1.07 bits per heavy atom. The second kappa shape index (κ2) is 6.88. The highest BCUT2D eigenvalue weighted by Crippen LogP contribution is 2.49. The summed E-state index contributed by atoms with van der Waals surface area (Å²) >= 11 is 0. The molecule has 28 heavy (non-hydrogen) atoms. The topological polar surface area (TPSA) is 99.4 Å². The molecule has 5 atom stereocenters. The second-order valence-electron chi connectivity index (χ2n) is 7.63. The number of aliphatic hydroxyl groups excluding tert-OH is 4. The highest BCUT2D eigenvalue weighted by molar-refractivity contribution is 5.35. The second-order valence-corrected chi connectivity index (χ2v) is 7.63. The molecule has 2 aliphatic heterocycles. The van der Waals surface area contributed by atoms with Crippen LogP contribution in [0.25, 0.3) is 0 Å². The molecule has 2 aliphatic rings. The minimum atomic E-state index is -1.79. The summed E-state index contributed by atoms with van der Waals surface area (Å²) in [4.78, 5) is 0. The van der Waals surface area contributed by atoms with Gasteiger partial charge in [0.1, 0.15) is 29.7 Å². The Balaban J connectivity index is 1.72. The Kier molecular flexibility index (Phi) is 4.78. The quantitative estimate of drug-likeness (QED) is 0.615. The summed E-state index contributed by atoms with van der Waals surface area (Å²) in [6.07, 6.45) is -4.39. The van der Waals surface area contributed by atoms with E-state index < -0.39 is 42.1 Å². The molecule has 0 amide bonds. The van der Waals surface area contributed by atoms with Crippen LogP contribution in [0, 0.1) is 12.7 Å². The number of benzene rings is 2. The summed E-state index contributed by atoms with van der Waals surface area (Å²) in [7, 11) is 0. The lowest BCUT2D eigenvalue weighted by Crippen LogP contribution is -2.65. The van der Waals surface area contributed by atoms with E-state index in [0.717, 1.165) is 11.1 Å². The highest BCUT2D eigenvalue weighted by atomic mass is 19.1. The minimum absolute atomic E-state index is 0.219. The van der Waals surface area contributed by atoms with Crippen LogP contribution in [-0.4, -0.2) is 57.6 Å². The largest absolute Gasteiger partial charge is 0.393 e. The van der Waals surface area contributed by atoms with Crippen LogP contribution in [0.3, 0.4) is 0 Å². The summed E-state index contributed by atoms with van der Waals surface area (Å²) in [5.74, 6) is -2.21. The molecule has 4 N–H and O–H groups in total. The van der Waals surface area contributed by atoms with Gasteiger partial charge in [-0.3, -0.25) is 0 Å². The van der Waals surface area contributed by atoms with Gasteiger partial charge in [0.15, 0.2) is 0 Å². The van der Waals surface area contributed by atoms with Crippen LogP contribution >= 0.6 is 0 Å². The lowest BCUT2D eigenvalue weighted by Gasteiger charge is -2.45. The fraction of sp³-hybridized carbons (Fsp3) is 0.429. The van der Waals surface area contributed by atoms with E-state index in [2.05, 4.69) is 0 Å². The fourth-order valence-electron chi connectivity index (χ4n) is 3.93. The molecule has 2 aromatic rings. The van der Waals surface area contributed by atoms with Crippen LogP contribution in [0.4, 0.5) is 4.39 Å². The van der Waals surface area contributed by atoms with E-state index in [-0.39, 0.29) is 6.61 Å². The molecule has 2 heterocycles. The predicted octanol–water partition coefficient (Wildman–Crippen LogP) is 0.752. The summed E-state index contributed by atoms with van der Waals surface area (Å²) in [5.41, 5.74) is 1.14. The number of rotatable bonds is 4. The third-order valence-corrected chi connectivity index (χ3v) is 5.69. The van der Waals surface area contributed by atoms with E-state index in [1.807, 2.05) is 31.2 Å². The first-order chi connectivity index (χ1) is 13.3. The number of aryl methyl sites for hydroxylation is 1. The summed E-state index contributed by atoms with van der Waals surface area (Å²) in [6, 6.07) is 11.9. The zero-order valence-corrected chi connectivity index (χ0v) is 15.4. The Labute approximate surface area is 161 Å². The van der Waals surface area contributed by atoms with Gasteiger partial charge in [-0.1, -0.05) is 35.9 Å². The van der Waals surface area contributed by atoms with Crippen molar-refractivity contribution in [2.75, 3.05) is 13.2 Å². The average molecular weight is 390 g/mol. The number of fused-ring (bicyclic) bond motifs is 2. The lowest BCUT2D eigenvalue weighted by atomic mass is 9.83. The number of hydrogen-bond acceptors (Lipinski definition) is 6. The van der Waals surface area contributed by atoms with Crippen LogP contribution in [0.2, 0.25) is 0 Å². The van der Waals surface area contributed by atoms with Gasteiger partial charge in [0.2, 0.25) is 5.79 Å². The molecule has 0 aliphatic carbocycles. The van der Waals surface area contributed by atoms with Crippen molar-refractivity contribution >= 4 is 0 Å². The van der Waals surface area contributed by atoms with E-state index in [9.17, 15) is 24.8 Å². The maximum atomic E-state index is 14.4. The molecular formula is C21H23FO6. The van der Waals surface area contributed by atoms with Gasteiger partial charge in [-0.05, 0) is 30.2 Å². The molecule has 2 aromatic carbocycles. The van der Waals surface area contributed by atoms with E-state index in [1.54, 1.807) is 0 Å². The van der Waals surface area contributed by atoms with Crippen molar-refractivity contribution in [3.05, 3.63) is 70.5 Å². The van der Waals surface area contributed by atoms with Gasteiger partial charge in [-0.15, -0.1) is 0 Å². The molecule has 0 saturated carbocycles. The number of ether oxygens (including phenoxy) is 2. The van der Waals surface area contributed by atoms with Crippen LogP contribution < -0.4 is 0 Å². The van der Waals surface area contributed by atoms with Crippen molar-refractivity contribution in [2.24, 2.45) is 0 Å². The lowest BCUT2D eigenvalue weighted by molar-refractivity contribution is -0.329. The van der Waals surface area contributed by atoms with E-state index >= 15 is 0 Å². The number of halogens is 1. The standard InChI is InChI=1S/C21H23FO6/c1-12-2-4-13(5-3-12)8-14-9-15(6-7-16(14)22)21-19(26)17(24)18(25)20(10-23,28-21)11-27-21/h2-7,9,17-19,23-26H,8,10-11H2,1H3. The first kappa shape index (κ1) is 19.4. The van der Waals surface area contributed by atoms with Crippen LogP contribution in [0.15, 0.2) is 42.5 Å². The molecule has 4 rings (SSSR count). The summed E-state index contributed by atoms with van der Waals surface area (Å²) < 4.78 is 25.9. The molecule has 150 valence electrons. The highest BCUT2D eigenvalue weighted by Gasteiger charge is 2.67. The first-order valence-electron chi connectivity index (χ1n) is 9.15. The van der Waals surface area contributed by atoms with E-state index in [4.69, 9.17) is 9.47 Å². The summed E-state index contributed by atoms with van der Waals surface area (Å²) in [5, 5.41) is 40.8. The summed E-state index contributed by atoms with van der Waals surface area (Å²) in [6.45, 7) is 1.15. The SMILES string of the molecule is Cc1ccc(Cc2cc(C34OCC(CO)(O3)C(O)C(O)C4O)ccc2F)cc1. The Hall–Kier alpha value is -1.87. The third kappa shape index (κ3) is 2.86. The normalized spacial score (nSPS) is 34.6. The zero-order chi connectivity index (χ0) is 20.1. The van der Waals surface area contributed by atoms with Crippen LogP contribution in [-0.2, 0) is 21.7 Å². The van der Waals surface area contributed by atoms with E-state index in [0.29, 0.717) is 17.5 Å².